The Morgan fingerprint density at radius 1 is 1.07 bits per heavy atom. The van der Waals surface area contributed by atoms with Crippen LogP contribution in [0.1, 0.15) is 37.3 Å². The molecule has 0 spiro atoms. The molecule has 0 aromatic heterocycles. The summed E-state index contributed by atoms with van der Waals surface area (Å²) in [5, 5.41) is 0. The lowest BCUT2D eigenvalue weighted by molar-refractivity contribution is -0.128. The van der Waals surface area contributed by atoms with Crippen LogP contribution in [0.2, 0.25) is 0 Å². The fourth-order valence-corrected chi connectivity index (χ4v) is 2.48. The Morgan fingerprint density at radius 3 is 2.46 bits per heavy atom. The van der Waals surface area contributed by atoms with Crippen molar-refractivity contribution in [1.29, 1.82) is 0 Å². The first-order valence-electron chi connectivity index (χ1n) is 9.16. The van der Waals surface area contributed by atoms with E-state index in [0.717, 1.165) is 23.3 Å². The fourth-order valence-electron chi connectivity index (χ4n) is 2.48. The Balaban J connectivity index is 1.79. The second-order valence-electron chi connectivity index (χ2n) is 6.28. The summed E-state index contributed by atoms with van der Waals surface area (Å²) in [6.45, 7) is 4.02. The second-order valence-corrected chi connectivity index (χ2v) is 6.28. The summed E-state index contributed by atoms with van der Waals surface area (Å²) < 4.78 is 10.7. The number of hydrazine groups is 1. The van der Waals surface area contributed by atoms with Crippen molar-refractivity contribution in [2.45, 2.75) is 26.2 Å². The van der Waals surface area contributed by atoms with E-state index in [-0.39, 0.29) is 6.61 Å². The summed E-state index contributed by atoms with van der Waals surface area (Å²) in [5.41, 5.74) is 6.56. The number of amides is 2. The van der Waals surface area contributed by atoms with Gasteiger partial charge in [0.25, 0.3) is 11.8 Å². The topological polar surface area (TPSA) is 76.7 Å². The number of hydrogen-bond acceptors (Lipinski definition) is 4. The molecule has 28 heavy (non-hydrogen) atoms. The SMILES string of the molecule is CCC(C)c1ccccc1OCC(=O)NNC(=O)/C=C/c1ccc(OC)cc1. The Morgan fingerprint density at radius 2 is 1.79 bits per heavy atom. The minimum atomic E-state index is -0.441. The van der Waals surface area contributed by atoms with Gasteiger partial charge in [-0.3, -0.25) is 20.4 Å². The number of methoxy groups -OCH3 is 1. The minimum absolute atomic E-state index is 0.185. The van der Waals surface area contributed by atoms with E-state index in [1.807, 2.05) is 36.4 Å². The summed E-state index contributed by atoms with van der Waals surface area (Å²) in [6, 6.07) is 14.9. The Bertz CT molecular complexity index is 816. The van der Waals surface area contributed by atoms with E-state index in [9.17, 15) is 9.59 Å². The summed E-state index contributed by atoms with van der Waals surface area (Å²) in [7, 11) is 1.59. The smallest absolute Gasteiger partial charge is 0.276 e. The molecule has 0 saturated carbocycles. The molecule has 0 fully saturated rings. The Hall–Kier alpha value is -3.28. The van der Waals surface area contributed by atoms with Gasteiger partial charge in [-0.05, 0) is 47.7 Å². The van der Waals surface area contributed by atoms with E-state index in [1.165, 1.54) is 6.08 Å². The Kier molecular flexibility index (Phi) is 8.09. The normalized spacial score (nSPS) is 11.7. The molecule has 0 aliphatic carbocycles. The maximum Gasteiger partial charge on any atom is 0.276 e. The number of benzene rings is 2. The lowest BCUT2D eigenvalue weighted by Gasteiger charge is -2.15. The summed E-state index contributed by atoms with van der Waals surface area (Å²) in [4.78, 5) is 23.7. The monoisotopic (exact) mass is 382 g/mol. The molecule has 0 aliphatic rings. The molecule has 148 valence electrons. The van der Waals surface area contributed by atoms with Gasteiger partial charge >= 0.3 is 0 Å². The number of rotatable bonds is 8. The molecule has 2 aromatic rings. The highest BCUT2D eigenvalue weighted by atomic mass is 16.5. The molecule has 0 saturated heterocycles. The van der Waals surface area contributed by atoms with Crippen molar-refractivity contribution in [1.82, 2.24) is 10.9 Å². The van der Waals surface area contributed by atoms with Gasteiger partial charge in [0, 0.05) is 6.08 Å². The van der Waals surface area contributed by atoms with Gasteiger partial charge in [-0.25, -0.2) is 0 Å². The van der Waals surface area contributed by atoms with Crippen molar-refractivity contribution in [3.8, 4) is 11.5 Å². The van der Waals surface area contributed by atoms with Crippen molar-refractivity contribution >= 4 is 17.9 Å². The molecule has 1 unspecified atom stereocenters. The second kappa shape index (κ2) is 10.8. The number of nitrogens with one attached hydrogen (secondary N) is 2. The first-order valence-corrected chi connectivity index (χ1v) is 9.16. The van der Waals surface area contributed by atoms with Crippen LogP contribution < -0.4 is 20.3 Å². The van der Waals surface area contributed by atoms with Gasteiger partial charge in [-0.1, -0.05) is 44.2 Å². The van der Waals surface area contributed by atoms with Crippen LogP contribution in [0, 0.1) is 0 Å². The standard InChI is InChI=1S/C22H26N2O4/c1-4-16(2)19-7-5-6-8-20(19)28-15-22(26)24-23-21(25)14-11-17-9-12-18(27-3)13-10-17/h5-14,16H,4,15H2,1-3H3,(H,23,25)(H,24,26)/b14-11+. The van der Waals surface area contributed by atoms with Crippen LogP contribution in [0.25, 0.3) is 6.08 Å². The lowest BCUT2D eigenvalue weighted by Crippen LogP contribution is -2.43. The van der Waals surface area contributed by atoms with Crippen LogP contribution in [0.15, 0.2) is 54.6 Å². The van der Waals surface area contributed by atoms with Gasteiger partial charge in [-0.15, -0.1) is 0 Å². The number of hydrogen-bond donors (Lipinski definition) is 2. The third kappa shape index (κ3) is 6.46. The average Bonchev–Trinajstić information content (AvgIpc) is 2.74. The molecular formula is C22H26N2O4. The van der Waals surface area contributed by atoms with Crippen molar-refractivity contribution < 1.29 is 19.1 Å². The van der Waals surface area contributed by atoms with Crippen molar-refractivity contribution in [3.63, 3.8) is 0 Å². The first kappa shape index (κ1) is 21.0. The largest absolute Gasteiger partial charge is 0.497 e. The van der Waals surface area contributed by atoms with Gasteiger partial charge in [0.15, 0.2) is 6.61 Å². The number of carbonyl (C=O) groups excluding carboxylic acids is 2. The highest BCUT2D eigenvalue weighted by Crippen LogP contribution is 2.28. The molecule has 6 nitrogen and oxygen atoms in total. The summed E-state index contributed by atoms with van der Waals surface area (Å²) >= 11 is 0. The van der Waals surface area contributed by atoms with Crippen LogP contribution in [-0.2, 0) is 9.59 Å². The van der Waals surface area contributed by atoms with Gasteiger partial charge in [0.1, 0.15) is 11.5 Å². The third-order valence-corrected chi connectivity index (χ3v) is 4.29. The van der Waals surface area contributed by atoms with Gasteiger partial charge < -0.3 is 9.47 Å². The molecule has 6 heteroatoms. The molecule has 0 aliphatic heterocycles. The van der Waals surface area contributed by atoms with Crippen molar-refractivity contribution in [3.05, 3.63) is 65.7 Å². The quantitative estimate of drug-likeness (QED) is 0.542. The zero-order valence-electron chi connectivity index (χ0n) is 16.4. The van der Waals surface area contributed by atoms with E-state index >= 15 is 0 Å². The van der Waals surface area contributed by atoms with Crippen molar-refractivity contribution in [2.24, 2.45) is 0 Å². The Labute approximate surface area is 165 Å². The lowest BCUT2D eigenvalue weighted by atomic mass is 9.98. The highest BCUT2D eigenvalue weighted by Gasteiger charge is 2.11. The maximum absolute atomic E-state index is 11.9. The molecule has 2 N–H and O–H groups in total. The van der Waals surface area contributed by atoms with Crippen molar-refractivity contribution in [2.75, 3.05) is 13.7 Å². The van der Waals surface area contributed by atoms with Crippen LogP contribution in [0.3, 0.4) is 0 Å². The van der Waals surface area contributed by atoms with E-state index in [4.69, 9.17) is 9.47 Å². The molecule has 2 amide bonds. The molecule has 0 bridgehead atoms. The fraction of sp³-hybridized carbons (Fsp3) is 0.273. The zero-order valence-corrected chi connectivity index (χ0v) is 16.4. The molecule has 1 atom stereocenters. The molecule has 0 radical (unpaired) electrons. The summed E-state index contributed by atoms with van der Waals surface area (Å²) in [5.74, 6) is 0.873. The predicted molar refractivity (Wildman–Crippen MR) is 109 cm³/mol. The zero-order chi connectivity index (χ0) is 20.4. The highest BCUT2D eigenvalue weighted by molar-refractivity contribution is 5.93. The molecule has 2 rings (SSSR count). The van der Waals surface area contributed by atoms with E-state index in [0.29, 0.717) is 11.7 Å². The van der Waals surface area contributed by atoms with E-state index < -0.39 is 11.8 Å². The minimum Gasteiger partial charge on any atom is -0.497 e. The molecular weight excluding hydrogens is 356 g/mol. The number of para-hydroxylation sites is 1. The third-order valence-electron chi connectivity index (χ3n) is 4.29. The van der Waals surface area contributed by atoms with Crippen LogP contribution in [0.5, 0.6) is 11.5 Å². The van der Waals surface area contributed by atoms with Gasteiger partial charge in [-0.2, -0.15) is 0 Å². The average molecular weight is 382 g/mol. The first-order chi connectivity index (χ1) is 13.5. The number of ether oxygens (including phenoxy) is 2. The van der Waals surface area contributed by atoms with Crippen LogP contribution in [-0.4, -0.2) is 25.5 Å². The van der Waals surface area contributed by atoms with E-state index in [2.05, 4.69) is 24.7 Å². The van der Waals surface area contributed by atoms with Gasteiger partial charge in [0.2, 0.25) is 0 Å². The maximum atomic E-state index is 11.9. The number of carbonyl (C=O) groups is 2. The van der Waals surface area contributed by atoms with Crippen LogP contribution in [0.4, 0.5) is 0 Å². The van der Waals surface area contributed by atoms with Gasteiger partial charge in [0.05, 0.1) is 7.11 Å². The van der Waals surface area contributed by atoms with Crippen LogP contribution >= 0.6 is 0 Å². The summed E-state index contributed by atoms with van der Waals surface area (Å²) in [6.07, 6.45) is 3.95. The predicted octanol–water partition coefficient (Wildman–Crippen LogP) is 3.45. The molecule has 2 aromatic carbocycles. The van der Waals surface area contributed by atoms with E-state index in [1.54, 1.807) is 25.3 Å². The molecule has 0 heterocycles.